The highest BCUT2D eigenvalue weighted by Gasteiger charge is 2.27. The lowest BCUT2D eigenvalue weighted by Crippen LogP contribution is -2.29. The van der Waals surface area contributed by atoms with Crippen LogP contribution in [-0.4, -0.2) is 56.0 Å². The van der Waals surface area contributed by atoms with Crippen molar-refractivity contribution >= 4 is 18.0 Å². The number of nitrogens with zero attached hydrogens (tertiary/aromatic N) is 3. The molecule has 3 aromatic rings. The van der Waals surface area contributed by atoms with Gasteiger partial charge in [-0.3, -0.25) is 4.79 Å². The van der Waals surface area contributed by atoms with Gasteiger partial charge in [0.1, 0.15) is 5.82 Å². The largest absolute Gasteiger partial charge is 0.550 e. The zero-order chi connectivity index (χ0) is 28.0. The Hall–Kier alpha value is -3.82. The second kappa shape index (κ2) is 12.6. The highest BCUT2D eigenvalue weighted by Crippen LogP contribution is 2.29. The third-order valence-electron chi connectivity index (χ3n) is 6.22. The number of benzene rings is 2. The lowest BCUT2D eigenvalue weighted by Gasteiger charge is -2.19. The summed E-state index contributed by atoms with van der Waals surface area (Å²) in [6, 6.07) is 13.4. The van der Waals surface area contributed by atoms with Crippen LogP contribution in [0.2, 0.25) is 0 Å². The molecule has 0 spiro atoms. The number of aliphatic carboxylic acids is 1. The van der Waals surface area contributed by atoms with Crippen LogP contribution in [0.15, 0.2) is 54.6 Å². The molecule has 0 aliphatic heterocycles. The summed E-state index contributed by atoms with van der Waals surface area (Å²) < 4.78 is 15.2. The van der Waals surface area contributed by atoms with Gasteiger partial charge in [-0.25, -0.2) is 9.07 Å². The molecule has 3 rings (SSSR count). The number of carbonyl (C=O) groups is 2. The Morgan fingerprint density at radius 3 is 2.39 bits per heavy atom. The molecule has 0 aliphatic carbocycles. The van der Waals surface area contributed by atoms with Crippen LogP contribution in [0.4, 0.5) is 4.39 Å². The van der Waals surface area contributed by atoms with Crippen molar-refractivity contribution in [3.05, 3.63) is 88.5 Å². The summed E-state index contributed by atoms with van der Waals surface area (Å²) in [5.41, 5.74) is 3.95. The summed E-state index contributed by atoms with van der Waals surface area (Å²) >= 11 is 0. The van der Waals surface area contributed by atoms with Crippen molar-refractivity contribution in [1.82, 2.24) is 14.7 Å². The predicted octanol–water partition coefficient (Wildman–Crippen LogP) is 2.98. The van der Waals surface area contributed by atoms with E-state index in [4.69, 9.17) is 0 Å². The number of halogens is 1. The van der Waals surface area contributed by atoms with E-state index in [1.165, 1.54) is 35.0 Å². The van der Waals surface area contributed by atoms with E-state index in [1.807, 2.05) is 45.0 Å². The summed E-state index contributed by atoms with van der Waals surface area (Å²) in [4.78, 5) is 26.0. The average molecular weight is 523 g/mol. The van der Waals surface area contributed by atoms with Gasteiger partial charge in [-0.2, -0.15) is 5.10 Å². The van der Waals surface area contributed by atoms with Crippen molar-refractivity contribution in [2.45, 2.75) is 58.3 Å². The van der Waals surface area contributed by atoms with Gasteiger partial charge in [0.15, 0.2) is 5.69 Å². The summed E-state index contributed by atoms with van der Waals surface area (Å²) in [7, 11) is 1.70. The monoisotopic (exact) mass is 522 g/mol. The fourth-order valence-electron chi connectivity index (χ4n) is 4.24. The lowest BCUT2D eigenvalue weighted by atomic mass is 9.98. The van der Waals surface area contributed by atoms with Gasteiger partial charge in [0, 0.05) is 38.0 Å². The van der Waals surface area contributed by atoms with Gasteiger partial charge in [0.25, 0.3) is 5.91 Å². The molecule has 8 nitrogen and oxygen atoms in total. The van der Waals surface area contributed by atoms with Gasteiger partial charge in [-0.15, -0.1) is 0 Å². The number of aryl methyl sites for hydroxylation is 1. The van der Waals surface area contributed by atoms with Crippen LogP contribution >= 0.6 is 0 Å². The average Bonchev–Trinajstić information content (AvgIpc) is 3.23. The molecule has 0 saturated carbocycles. The number of aliphatic hydroxyl groups is 2. The zero-order valence-electron chi connectivity index (χ0n) is 22.0. The Morgan fingerprint density at radius 1 is 1.13 bits per heavy atom. The summed E-state index contributed by atoms with van der Waals surface area (Å²) in [6.07, 6.45) is -0.256. The maximum Gasteiger partial charge on any atom is 0.274 e. The molecule has 0 fully saturated rings. The zero-order valence-corrected chi connectivity index (χ0v) is 22.0. The third-order valence-corrected chi connectivity index (χ3v) is 6.22. The first-order chi connectivity index (χ1) is 18.0. The van der Waals surface area contributed by atoms with E-state index in [1.54, 1.807) is 18.0 Å². The maximum atomic E-state index is 13.6. The first-order valence-electron chi connectivity index (χ1n) is 12.4. The Balaban J connectivity index is 2.03. The normalized spacial score (nSPS) is 13.2. The first-order valence-corrected chi connectivity index (χ1v) is 12.4. The van der Waals surface area contributed by atoms with Crippen LogP contribution < -0.4 is 5.11 Å². The highest BCUT2D eigenvalue weighted by atomic mass is 19.1. The molecule has 202 valence electrons. The smallest absolute Gasteiger partial charge is 0.274 e. The van der Waals surface area contributed by atoms with Gasteiger partial charge in [-0.1, -0.05) is 44.2 Å². The van der Waals surface area contributed by atoms with Crippen LogP contribution in [0, 0.1) is 12.7 Å². The molecular formula is C29H33FN3O5-. The number of aromatic nitrogens is 2. The van der Waals surface area contributed by atoms with Crippen molar-refractivity contribution in [1.29, 1.82) is 0 Å². The summed E-state index contributed by atoms with van der Waals surface area (Å²) in [6.45, 7) is 6.20. The Morgan fingerprint density at radius 2 is 1.79 bits per heavy atom. The molecule has 2 atom stereocenters. The SMILES string of the molecule is Cc1ccccc1CN(C)C(=O)c1nn(-c2ccc(F)cc2)c(/C=C/[C@@H](O)C[C@@H](O)CC(=O)[O-])c1C(C)C. The molecule has 0 saturated heterocycles. The minimum absolute atomic E-state index is 0.143. The number of aliphatic hydroxyl groups excluding tert-OH is 2. The molecule has 1 heterocycles. The van der Waals surface area contributed by atoms with E-state index in [-0.39, 0.29) is 23.9 Å². The Kier molecular flexibility index (Phi) is 9.55. The number of carboxylic acids is 1. The number of rotatable bonds is 11. The van der Waals surface area contributed by atoms with Gasteiger partial charge in [-0.05, 0) is 54.3 Å². The molecule has 0 aliphatic rings. The van der Waals surface area contributed by atoms with Crippen molar-refractivity contribution in [2.75, 3.05) is 7.05 Å². The quantitative estimate of drug-likeness (QED) is 0.400. The topological polar surface area (TPSA) is 119 Å². The fourth-order valence-corrected chi connectivity index (χ4v) is 4.24. The van der Waals surface area contributed by atoms with Gasteiger partial charge < -0.3 is 25.0 Å². The highest BCUT2D eigenvalue weighted by molar-refractivity contribution is 5.95. The second-order valence-electron chi connectivity index (χ2n) is 9.67. The molecule has 1 amide bonds. The van der Waals surface area contributed by atoms with E-state index >= 15 is 0 Å². The predicted molar refractivity (Wildman–Crippen MR) is 140 cm³/mol. The molecule has 0 bridgehead atoms. The van der Waals surface area contributed by atoms with Crippen LogP contribution in [0.5, 0.6) is 0 Å². The van der Waals surface area contributed by atoms with E-state index in [2.05, 4.69) is 5.10 Å². The number of carbonyl (C=O) groups excluding carboxylic acids is 2. The lowest BCUT2D eigenvalue weighted by molar-refractivity contribution is -0.307. The van der Waals surface area contributed by atoms with Crippen molar-refractivity contribution in [3.63, 3.8) is 0 Å². The number of hydrogen-bond acceptors (Lipinski definition) is 6. The van der Waals surface area contributed by atoms with Gasteiger partial charge in [0.05, 0.1) is 23.6 Å². The molecule has 38 heavy (non-hydrogen) atoms. The Labute approximate surface area is 221 Å². The molecule has 2 N–H and O–H groups in total. The van der Waals surface area contributed by atoms with E-state index < -0.39 is 30.4 Å². The molecular weight excluding hydrogens is 489 g/mol. The van der Waals surface area contributed by atoms with E-state index in [9.17, 15) is 29.3 Å². The minimum atomic E-state index is -1.41. The van der Waals surface area contributed by atoms with E-state index in [0.29, 0.717) is 23.5 Å². The van der Waals surface area contributed by atoms with E-state index in [0.717, 1.165) is 11.1 Å². The van der Waals surface area contributed by atoms with Crippen molar-refractivity contribution in [2.24, 2.45) is 0 Å². The maximum absolute atomic E-state index is 13.6. The number of hydrogen-bond donors (Lipinski definition) is 2. The van der Waals surface area contributed by atoms with Crippen LogP contribution in [-0.2, 0) is 11.3 Å². The van der Waals surface area contributed by atoms with Crippen molar-refractivity contribution < 1.29 is 29.3 Å². The van der Waals surface area contributed by atoms with Crippen LogP contribution in [0.25, 0.3) is 11.8 Å². The van der Waals surface area contributed by atoms with Crippen LogP contribution in [0.1, 0.15) is 65.5 Å². The molecule has 2 aromatic carbocycles. The standard InChI is InChI=1S/C29H34FN3O5/c1-18(2)27-25(14-13-23(34)15-24(35)16-26(36)37)33(22-11-9-21(30)10-12-22)31-28(27)29(38)32(4)17-20-8-6-5-7-19(20)3/h5-14,18,23-24,34-35H,15-17H2,1-4H3,(H,36,37)/p-1/b14-13+/t23-,24-/m1/s1. The Bertz CT molecular complexity index is 1300. The van der Waals surface area contributed by atoms with Crippen LogP contribution in [0.3, 0.4) is 0 Å². The minimum Gasteiger partial charge on any atom is -0.550 e. The van der Waals surface area contributed by atoms with Gasteiger partial charge in [0.2, 0.25) is 0 Å². The molecule has 1 aromatic heterocycles. The first kappa shape index (κ1) is 28.7. The number of amides is 1. The van der Waals surface area contributed by atoms with Gasteiger partial charge >= 0.3 is 0 Å². The molecule has 0 unspecified atom stereocenters. The summed E-state index contributed by atoms with van der Waals surface area (Å²) in [5, 5.41) is 35.6. The second-order valence-corrected chi connectivity index (χ2v) is 9.67. The third kappa shape index (κ3) is 7.14. The molecule has 9 heteroatoms. The molecule has 0 radical (unpaired) electrons. The fraction of sp³-hybridized carbons (Fsp3) is 0.345. The summed E-state index contributed by atoms with van der Waals surface area (Å²) in [5.74, 6) is -2.27. The van der Waals surface area contributed by atoms with Crippen molar-refractivity contribution in [3.8, 4) is 5.69 Å². The number of carboxylic acid groups (broad SMARTS) is 1.